The van der Waals surface area contributed by atoms with Crippen molar-refractivity contribution < 1.29 is 24.2 Å². The number of hydrogen-bond donors (Lipinski definition) is 3. The first kappa shape index (κ1) is 16.8. The van der Waals surface area contributed by atoms with Crippen molar-refractivity contribution in [3.63, 3.8) is 0 Å². The number of nitrogens with one attached hydrogen (secondary N) is 2. The van der Waals surface area contributed by atoms with E-state index in [4.69, 9.17) is 9.47 Å². The van der Waals surface area contributed by atoms with Crippen molar-refractivity contribution >= 4 is 11.9 Å². The van der Waals surface area contributed by atoms with E-state index in [2.05, 4.69) is 15.5 Å². The molecule has 0 aliphatic carbocycles. The van der Waals surface area contributed by atoms with Crippen LogP contribution in [-0.4, -0.2) is 34.0 Å². The van der Waals surface area contributed by atoms with E-state index >= 15 is 0 Å². The monoisotopic (exact) mass is 345 g/mol. The first-order valence-corrected chi connectivity index (χ1v) is 7.88. The molecule has 0 fully saturated rings. The highest BCUT2D eigenvalue weighted by Crippen LogP contribution is 2.32. The van der Waals surface area contributed by atoms with E-state index in [9.17, 15) is 14.7 Å². The van der Waals surface area contributed by atoms with Gasteiger partial charge in [0.05, 0.1) is 5.69 Å². The summed E-state index contributed by atoms with van der Waals surface area (Å²) in [6, 6.07) is 4.37. The molecular formula is C17H19N3O5. The Morgan fingerprint density at radius 1 is 1.32 bits per heavy atom. The molecule has 2 heterocycles. The van der Waals surface area contributed by atoms with Crippen LogP contribution in [0.1, 0.15) is 35.0 Å². The zero-order valence-corrected chi connectivity index (χ0v) is 14.0. The average Bonchev–Trinajstić information content (AvgIpc) is 3.17. The summed E-state index contributed by atoms with van der Waals surface area (Å²) in [4.78, 5) is 23.8. The van der Waals surface area contributed by atoms with Crippen LogP contribution in [0.15, 0.2) is 18.2 Å². The molecule has 1 aromatic heterocycles. The maximum Gasteiger partial charge on any atom is 0.331 e. The van der Waals surface area contributed by atoms with E-state index in [0.29, 0.717) is 34.9 Å². The van der Waals surface area contributed by atoms with Gasteiger partial charge >= 0.3 is 5.97 Å². The second kappa shape index (κ2) is 6.84. The summed E-state index contributed by atoms with van der Waals surface area (Å²) in [5.41, 5.74) is 2.59. The van der Waals surface area contributed by atoms with Gasteiger partial charge in [-0.25, -0.2) is 4.79 Å². The van der Waals surface area contributed by atoms with E-state index in [0.717, 1.165) is 5.56 Å². The second-order valence-electron chi connectivity index (χ2n) is 5.87. The third-order valence-electron chi connectivity index (χ3n) is 4.10. The van der Waals surface area contributed by atoms with Crippen molar-refractivity contribution in [2.45, 2.75) is 32.7 Å². The van der Waals surface area contributed by atoms with Crippen LogP contribution in [0, 0.1) is 13.8 Å². The summed E-state index contributed by atoms with van der Waals surface area (Å²) >= 11 is 0. The third-order valence-corrected chi connectivity index (χ3v) is 4.10. The molecule has 1 aromatic carbocycles. The van der Waals surface area contributed by atoms with E-state index in [1.807, 2.05) is 12.1 Å². The van der Waals surface area contributed by atoms with Crippen molar-refractivity contribution in [3.05, 3.63) is 40.7 Å². The third kappa shape index (κ3) is 3.57. The Balaban J connectivity index is 1.63. The smallest absolute Gasteiger partial charge is 0.331 e. The lowest BCUT2D eigenvalue weighted by molar-refractivity contribution is -0.142. The number of aliphatic carboxylic acids is 1. The number of carboxylic acid groups (broad SMARTS) is 1. The van der Waals surface area contributed by atoms with Gasteiger partial charge in [-0.3, -0.25) is 9.89 Å². The minimum atomic E-state index is -1.12. The van der Waals surface area contributed by atoms with Crippen LogP contribution in [0.25, 0.3) is 0 Å². The quantitative estimate of drug-likeness (QED) is 0.733. The number of aryl methyl sites for hydroxylation is 3. The van der Waals surface area contributed by atoms with Gasteiger partial charge in [0.1, 0.15) is 0 Å². The SMILES string of the molecule is Cc1n[nH]c(C)c1C(NC(=O)CCc1ccc2c(c1)OCO2)C(=O)O. The number of benzene rings is 1. The number of carbonyl (C=O) groups excluding carboxylic acids is 1. The Hall–Kier alpha value is -3.03. The molecule has 0 bridgehead atoms. The molecule has 1 aliphatic heterocycles. The van der Waals surface area contributed by atoms with Crippen molar-refractivity contribution in [1.29, 1.82) is 0 Å². The van der Waals surface area contributed by atoms with E-state index in [1.54, 1.807) is 19.9 Å². The number of carbonyl (C=O) groups is 2. The largest absolute Gasteiger partial charge is 0.479 e. The predicted octanol–water partition coefficient (Wildman–Crippen LogP) is 1.63. The fourth-order valence-electron chi connectivity index (χ4n) is 2.83. The number of fused-ring (bicyclic) bond motifs is 1. The Bertz CT molecular complexity index is 795. The summed E-state index contributed by atoms with van der Waals surface area (Å²) in [5, 5.41) is 18.7. The minimum absolute atomic E-state index is 0.166. The lowest BCUT2D eigenvalue weighted by atomic mass is 10.0. The summed E-state index contributed by atoms with van der Waals surface area (Å²) in [5.74, 6) is -0.120. The Morgan fingerprint density at radius 2 is 2.08 bits per heavy atom. The molecule has 1 unspecified atom stereocenters. The summed E-state index contributed by atoms with van der Waals surface area (Å²) in [7, 11) is 0. The van der Waals surface area contributed by atoms with Gasteiger partial charge in [-0.15, -0.1) is 0 Å². The van der Waals surface area contributed by atoms with Crippen molar-refractivity contribution in [1.82, 2.24) is 15.5 Å². The second-order valence-corrected chi connectivity index (χ2v) is 5.87. The topological polar surface area (TPSA) is 114 Å². The number of amides is 1. The number of ether oxygens (including phenoxy) is 2. The average molecular weight is 345 g/mol. The Kier molecular flexibility index (Phi) is 4.60. The summed E-state index contributed by atoms with van der Waals surface area (Å²) in [6.07, 6.45) is 0.636. The lowest BCUT2D eigenvalue weighted by Gasteiger charge is -2.15. The lowest BCUT2D eigenvalue weighted by Crippen LogP contribution is -2.34. The number of aromatic amines is 1. The molecule has 0 spiro atoms. The van der Waals surface area contributed by atoms with Crippen LogP contribution in [0.4, 0.5) is 0 Å². The molecule has 8 heteroatoms. The first-order chi connectivity index (χ1) is 12.0. The molecule has 1 aliphatic rings. The molecule has 0 radical (unpaired) electrons. The fourth-order valence-corrected chi connectivity index (χ4v) is 2.83. The number of rotatable bonds is 6. The molecule has 25 heavy (non-hydrogen) atoms. The van der Waals surface area contributed by atoms with E-state index in [1.165, 1.54) is 0 Å². The van der Waals surface area contributed by atoms with Gasteiger partial charge < -0.3 is 19.9 Å². The maximum absolute atomic E-state index is 12.2. The van der Waals surface area contributed by atoms with E-state index < -0.39 is 12.0 Å². The Labute approximate surface area is 144 Å². The molecular weight excluding hydrogens is 326 g/mol. The van der Waals surface area contributed by atoms with Gasteiger partial charge in [0, 0.05) is 17.7 Å². The Morgan fingerprint density at radius 3 is 2.76 bits per heavy atom. The van der Waals surface area contributed by atoms with Gasteiger partial charge in [-0.2, -0.15) is 5.10 Å². The van der Waals surface area contributed by atoms with Crippen molar-refractivity contribution in [3.8, 4) is 11.5 Å². The fraction of sp³-hybridized carbons (Fsp3) is 0.353. The molecule has 132 valence electrons. The maximum atomic E-state index is 12.2. The standard InChI is InChI=1S/C17H19N3O5/c1-9-15(10(2)20-19-9)16(17(22)23)18-14(21)6-4-11-3-5-12-13(7-11)25-8-24-12/h3,5,7,16H,4,6,8H2,1-2H3,(H,18,21)(H,19,20)(H,22,23). The van der Waals surface area contributed by atoms with E-state index in [-0.39, 0.29) is 19.1 Å². The molecule has 3 rings (SSSR count). The molecule has 8 nitrogen and oxygen atoms in total. The van der Waals surface area contributed by atoms with Gasteiger partial charge in [0.15, 0.2) is 17.5 Å². The summed E-state index contributed by atoms with van der Waals surface area (Å²) in [6.45, 7) is 3.63. The van der Waals surface area contributed by atoms with Crippen LogP contribution in [-0.2, 0) is 16.0 Å². The number of aromatic nitrogens is 2. The molecule has 0 saturated heterocycles. The molecule has 3 N–H and O–H groups in total. The van der Waals surface area contributed by atoms with Crippen LogP contribution < -0.4 is 14.8 Å². The molecule has 1 atom stereocenters. The highest BCUT2D eigenvalue weighted by molar-refractivity contribution is 5.85. The molecule has 0 saturated carbocycles. The number of nitrogens with zero attached hydrogens (tertiary/aromatic N) is 1. The van der Waals surface area contributed by atoms with Crippen molar-refractivity contribution in [2.24, 2.45) is 0 Å². The number of H-pyrrole nitrogens is 1. The highest BCUT2D eigenvalue weighted by Gasteiger charge is 2.27. The van der Waals surface area contributed by atoms with Crippen LogP contribution in [0.2, 0.25) is 0 Å². The summed E-state index contributed by atoms with van der Waals surface area (Å²) < 4.78 is 10.6. The zero-order valence-electron chi connectivity index (χ0n) is 14.0. The van der Waals surface area contributed by atoms with Crippen LogP contribution >= 0.6 is 0 Å². The van der Waals surface area contributed by atoms with Gasteiger partial charge in [-0.1, -0.05) is 6.07 Å². The minimum Gasteiger partial charge on any atom is -0.479 e. The van der Waals surface area contributed by atoms with Gasteiger partial charge in [0.25, 0.3) is 0 Å². The molecule has 2 aromatic rings. The van der Waals surface area contributed by atoms with Crippen LogP contribution in [0.5, 0.6) is 11.5 Å². The zero-order chi connectivity index (χ0) is 18.0. The molecule has 1 amide bonds. The van der Waals surface area contributed by atoms with Gasteiger partial charge in [-0.05, 0) is 38.0 Å². The normalized spacial score (nSPS) is 13.5. The van der Waals surface area contributed by atoms with Crippen molar-refractivity contribution in [2.75, 3.05) is 6.79 Å². The highest BCUT2D eigenvalue weighted by atomic mass is 16.7. The number of hydrogen-bond acceptors (Lipinski definition) is 5. The number of carboxylic acids is 1. The van der Waals surface area contributed by atoms with Crippen LogP contribution in [0.3, 0.4) is 0 Å². The van der Waals surface area contributed by atoms with Gasteiger partial charge in [0.2, 0.25) is 12.7 Å². The first-order valence-electron chi connectivity index (χ1n) is 7.88. The predicted molar refractivity (Wildman–Crippen MR) is 87.5 cm³/mol.